The average Bonchev–Trinajstić information content (AvgIpc) is 3.05. The molecule has 1 aliphatic rings. The van der Waals surface area contributed by atoms with Gasteiger partial charge in [0.2, 0.25) is 17.7 Å². The number of likely N-dealkylation sites (tertiary alicyclic amines) is 1. The molecule has 0 aliphatic carbocycles. The lowest BCUT2D eigenvalue weighted by Crippen LogP contribution is -2.54. The maximum atomic E-state index is 12.5. The lowest BCUT2D eigenvalue weighted by Gasteiger charge is -2.27. The standard InChI is InChI=1S/C18H32N4O5/c1-10(2)8-12(19)16(24)20-9-14(23)22-7-5-6-13(22)17(25)21-15(11(3)4)18(26)27/h10-13,15H,5-9,19H2,1-4H3,(H,20,24)(H,21,25)(H,26,27). The fourth-order valence-corrected chi connectivity index (χ4v) is 3.11. The number of nitrogens with zero attached hydrogens (tertiary/aromatic N) is 1. The van der Waals surface area contributed by atoms with Crippen molar-refractivity contribution >= 4 is 23.7 Å². The Bertz CT molecular complexity index is 564. The van der Waals surface area contributed by atoms with Crippen molar-refractivity contribution in [3.05, 3.63) is 0 Å². The van der Waals surface area contributed by atoms with E-state index in [0.717, 1.165) is 0 Å². The second-order valence-electron chi connectivity index (χ2n) is 7.77. The summed E-state index contributed by atoms with van der Waals surface area (Å²) < 4.78 is 0. The number of nitrogens with one attached hydrogen (secondary N) is 2. The molecule has 0 aromatic heterocycles. The van der Waals surface area contributed by atoms with Gasteiger partial charge in [0, 0.05) is 6.54 Å². The Morgan fingerprint density at radius 1 is 1.19 bits per heavy atom. The SMILES string of the molecule is CC(C)CC(N)C(=O)NCC(=O)N1CCCC1C(=O)NC(C(=O)O)C(C)C. The highest BCUT2D eigenvalue weighted by molar-refractivity contribution is 5.93. The van der Waals surface area contributed by atoms with E-state index in [2.05, 4.69) is 10.6 Å². The van der Waals surface area contributed by atoms with E-state index in [-0.39, 0.29) is 24.3 Å². The van der Waals surface area contributed by atoms with Crippen LogP contribution in [0.5, 0.6) is 0 Å². The Hall–Kier alpha value is -2.16. The number of carboxylic acid groups (broad SMARTS) is 1. The molecule has 1 fully saturated rings. The van der Waals surface area contributed by atoms with Gasteiger partial charge in [0.05, 0.1) is 12.6 Å². The lowest BCUT2D eigenvalue weighted by atomic mass is 10.0. The largest absolute Gasteiger partial charge is 0.480 e. The van der Waals surface area contributed by atoms with Gasteiger partial charge >= 0.3 is 5.97 Å². The summed E-state index contributed by atoms with van der Waals surface area (Å²) in [6, 6.07) is -2.42. The molecule has 3 unspecified atom stereocenters. The van der Waals surface area contributed by atoms with Gasteiger partial charge in [0.1, 0.15) is 12.1 Å². The summed E-state index contributed by atoms with van der Waals surface area (Å²) in [6.07, 6.45) is 1.62. The van der Waals surface area contributed by atoms with Crippen LogP contribution in [0, 0.1) is 11.8 Å². The number of hydrogen-bond acceptors (Lipinski definition) is 5. The molecule has 0 radical (unpaired) electrons. The molecule has 1 saturated heterocycles. The number of rotatable bonds is 9. The van der Waals surface area contributed by atoms with Crippen LogP contribution in [0.15, 0.2) is 0 Å². The molecule has 0 spiro atoms. The molecule has 1 aliphatic heterocycles. The molecule has 9 nitrogen and oxygen atoms in total. The van der Waals surface area contributed by atoms with Gasteiger partial charge in [-0.25, -0.2) is 4.79 Å². The number of nitrogens with two attached hydrogens (primary N) is 1. The monoisotopic (exact) mass is 384 g/mol. The number of carboxylic acids is 1. The first-order valence-electron chi connectivity index (χ1n) is 9.40. The molecule has 0 aromatic rings. The van der Waals surface area contributed by atoms with Crippen LogP contribution in [0.25, 0.3) is 0 Å². The van der Waals surface area contributed by atoms with Crippen LogP contribution >= 0.6 is 0 Å². The Morgan fingerprint density at radius 3 is 2.33 bits per heavy atom. The van der Waals surface area contributed by atoms with E-state index >= 15 is 0 Å². The first-order valence-corrected chi connectivity index (χ1v) is 9.40. The van der Waals surface area contributed by atoms with Crippen molar-refractivity contribution in [3.8, 4) is 0 Å². The molecule has 154 valence electrons. The Labute approximate surface area is 160 Å². The van der Waals surface area contributed by atoms with Gasteiger partial charge in [-0.2, -0.15) is 0 Å². The summed E-state index contributed by atoms with van der Waals surface area (Å²) in [6.45, 7) is 7.46. The summed E-state index contributed by atoms with van der Waals surface area (Å²) in [5, 5.41) is 14.2. The second kappa shape index (κ2) is 10.2. The van der Waals surface area contributed by atoms with Gasteiger partial charge in [-0.1, -0.05) is 27.7 Å². The van der Waals surface area contributed by atoms with Gasteiger partial charge < -0.3 is 26.4 Å². The van der Waals surface area contributed by atoms with E-state index in [9.17, 15) is 24.3 Å². The second-order valence-corrected chi connectivity index (χ2v) is 7.77. The van der Waals surface area contributed by atoms with Crippen LogP contribution in [-0.2, 0) is 19.2 Å². The summed E-state index contributed by atoms with van der Waals surface area (Å²) in [5.74, 6) is -2.39. The molecule has 9 heteroatoms. The van der Waals surface area contributed by atoms with Crippen molar-refractivity contribution in [1.82, 2.24) is 15.5 Å². The maximum Gasteiger partial charge on any atom is 0.326 e. The minimum Gasteiger partial charge on any atom is -0.480 e. The van der Waals surface area contributed by atoms with Crippen molar-refractivity contribution in [3.63, 3.8) is 0 Å². The van der Waals surface area contributed by atoms with E-state index in [0.29, 0.717) is 25.8 Å². The molecular weight excluding hydrogens is 352 g/mol. The molecule has 0 aromatic carbocycles. The van der Waals surface area contributed by atoms with E-state index in [4.69, 9.17) is 5.73 Å². The third-order valence-electron chi connectivity index (χ3n) is 4.58. The smallest absolute Gasteiger partial charge is 0.326 e. The first kappa shape index (κ1) is 22.9. The van der Waals surface area contributed by atoms with Gasteiger partial charge in [-0.3, -0.25) is 14.4 Å². The van der Waals surface area contributed by atoms with Gasteiger partial charge in [-0.15, -0.1) is 0 Å². The molecule has 1 rings (SSSR count). The number of amides is 3. The molecule has 3 amide bonds. The van der Waals surface area contributed by atoms with E-state index in [1.165, 1.54) is 4.90 Å². The van der Waals surface area contributed by atoms with Crippen LogP contribution in [0.1, 0.15) is 47.0 Å². The maximum absolute atomic E-state index is 12.5. The number of carbonyl (C=O) groups is 4. The molecule has 0 saturated carbocycles. The zero-order valence-electron chi connectivity index (χ0n) is 16.5. The highest BCUT2D eigenvalue weighted by Gasteiger charge is 2.36. The zero-order valence-corrected chi connectivity index (χ0v) is 16.5. The molecule has 1 heterocycles. The highest BCUT2D eigenvalue weighted by atomic mass is 16.4. The Morgan fingerprint density at radius 2 is 1.81 bits per heavy atom. The Balaban J connectivity index is 2.62. The third-order valence-corrected chi connectivity index (χ3v) is 4.58. The lowest BCUT2D eigenvalue weighted by molar-refractivity contribution is -0.145. The number of carbonyl (C=O) groups excluding carboxylic acids is 3. The van der Waals surface area contributed by atoms with Crippen molar-refractivity contribution in [2.45, 2.75) is 65.1 Å². The van der Waals surface area contributed by atoms with Crippen molar-refractivity contribution < 1.29 is 24.3 Å². The summed E-state index contributed by atoms with van der Waals surface area (Å²) in [5.41, 5.74) is 5.79. The van der Waals surface area contributed by atoms with Crippen LogP contribution in [-0.4, -0.2) is 64.9 Å². The normalized spacial score (nSPS) is 19.1. The van der Waals surface area contributed by atoms with E-state index in [1.54, 1.807) is 13.8 Å². The number of aliphatic carboxylic acids is 1. The van der Waals surface area contributed by atoms with Crippen molar-refractivity contribution in [2.24, 2.45) is 17.6 Å². The third kappa shape index (κ3) is 6.82. The minimum atomic E-state index is -1.11. The van der Waals surface area contributed by atoms with Crippen molar-refractivity contribution in [1.29, 1.82) is 0 Å². The van der Waals surface area contributed by atoms with Crippen LogP contribution in [0.2, 0.25) is 0 Å². The fraction of sp³-hybridized carbons (Fsp3) is 0.778. The molecule has 5 N–H and O–H groups in total. The predicted octanol–water partition coefficient (Wildman–Crippen LogP) is -0.308. The topological polar surface area (TPSA) is 142 Å². The average molecular weight is 384 g/mol. The predicted molar refractivity (Wildman–Crippen MR) is 99.6 cm³/mol. The van der Waals surface area contributed by atoms with Crippen molar-refractivity contribution in [2.75, 3.05) is 13.1 Å². The molecule has 27 heavy (non-hydrogen) atoms. The summed E-state index contributed by atoms with van der Waals surface area (Å²) >= 11 is 0. The van der Waals surface area contributed by atoms with Crippen LogP contribution in [0.4, 0.5) is 0 Å². The summed E-state index contributed by atoms with van der Waals surface area (Å²) in [4.78, 5) is 49.5. The molecular formula is C18H32N4O5. The quantitative estimate of drug-likeness (QED) is 0.430. The van der Waals surface area contributed by atoms with Gasteiger partial charge in [0.25, 0.3) is 0 Å². The van der Waals surface area contributed by atoms with E-state index in [1.807, 2.05) is 13.8 Å². The minimum absolute atomic E-state index is 0.235. The fourth-order valence-electron chi connectivity index (χ4n) is 3.11. The van der Waals surface area contributed by atoms with Gasteiger partial charge in [0.15, 0.2) is 0 Å². The summed E-state index contributed by atoms with van der Waals surface area (Å²) in [7, 11) is 0. The highest BCUT2D eigenvalue weighted by Crippen LogP contribution is 2.18. The van der Waals surface area contributed by atoms with Crippen LogP contribution in [0.3, 0.4) is 0 Å². The van der Waals surface area contributed by atoms with Crippen LogP contribution < -0.4 is 16.4 Å². The van der Waals surface area contributed by atoms with E-state index < -0.39 is 35.9 Å². The number of hydrogen-bond donors (Lipinski definition) is 4. The van der Waals surface area contributed by atoms with Gasteiger partial charge in [-0.05, 0) is 31.1 Å². The molecule has 3 atom stereocenters. The first-order chi connectivity index (χ1) is 12.5. The zero-order chi connectivity index (χ0) is 20.7. The Kier molecular flexibility index (Phi) is 8.68. The molecule has 0 bridgehead atoms.